The third kappa shape index (κ3) is 45.1. The number of allylic oxidation sites excluding steroid dienone is 10. The van der Waals surface area contributed by atoms with Crippen LogP contribution in [0, 0.1) is 0 Å². The normalized spacial score (nSPS) is 12.9. The van der Waals surface area contributed by atoms with Gasteiger partial charge in [-0.25, -0.2) is 4.79 Å². The van der Waals surface area contributed by atoms with Gasteiger partial charge in [0.05, 0.1) is 13.2 Å². The number of carbonyl (C=O) groups is 4. The summed E-state index contributed by atoms with van der Waals surface area (Å²) in [5.74, 6) is -2.31. The highest BCUT2D eigenvalue weighted by Crippen LogP contribution is 2.18. The summed E-state index contributed by atoms with van der Waals surface area (Å²) in [5, 5.41) is 22.6. The summed E-state index contributed by atoms with van der Waals surface area (Å²) in [6.45, 7) is 3.38. The zero-order valence-electron chi connectivity index (χ0n) is 41.0. The van der Waals surface area contributed by atoms with E-state index < -0.39 is 24.5 Å². The van der Waals surface area contributed by atoms with Crippen LogP contribution in [0.2, 0.25) is 0 Å². The van der Waals surface area contributed by atoms with Crippen molar-refractivity contribution in [2.45, 2.75) is 251 Å². The first-order chi connectivity index (χ1) is 31.3. The van der Waals surface area contributed by atoms with E-state index in [1.54, 1.807) is 0 Å². The fraction of sp³-hybridized carbons (Fsp3) is 0.745. The number of esters is 1. The lowest BCUT2D eigenvalue weighted by molar-refractivity contribution is -0.150. The number of aliphatic hydroxyl groups is 1. The number of nitrogens with one attached hydrogen (secondary N) is 2. The first-order valence-corrected chi connectivity index (χ1v) is 26.2. The minimum absolute atomic E-state index is 0.0500. The minimum Gasteiger partial charge on any atom is -0.480 e. The zero-order valence-corrected chi connectivity index (χ0v) is 41.0. The van der Waals surface area contributed by atoms with E-state index in [1.165, 1.54) is 109 Å². The molecule has 0 heterocycles. The molecule has 0 aromatic heterocycles. The molecule has 0 rings (SSSR count). The molecule has 9 nitrogen and oxygen atoms in total. The van der Waals surface area contributed by atoms with Gasteiger partial charge in [0.15, 0.2) is 0 Å². The van der Waals surface area contributed by atoms with Crippen LogP contribution in [0.1, 0.15) is 239 Å². The van der Waals surface area contributed by atoms with Crippen LogP contribution in [0.4, 0.5) is 0 Å². The van der Waals surface area contributed by atoms with Gasteiger partial charge in [0, 0.05) is 12.8 Å². The Morgan fingerprint density at radius 2 is 0.906 bits per heavy atom. The van der Waals surface area contributed by atoms with E-state index in [2.05, 4.69) is 85.2 Å². The highest BCUT2D eigenvalue weighted by atomic mass is 16.5. The smallest absolute Gasteiger partial charge is 0.328 e. The standard InChI is InChI=1S/C55H96N2O7/c1-3-5-7-9-11-13-15-17-18-19-20-21-22-23-24-25-26-28-30-32-34-39-43-47-54(61)64-50(44-40-36-33-31-29-27-16-14-12-10-8-6-4-2)45-41-37-35-38-42-46-52(59)56-48-53(60)57-51(49-58)55(62)63/h5,7,11,13,17-18,20-21,31,33,50-51,58H,3-4,6,8-10,12,14-16,19,22-30,32,34-49H2,1-2H3,(H,56,59)(H,57,60)(H,62,63)/b7-5-,13-11-,18-17-,21-20-,33-31-. The highest BCUT2D eigenvalue weighted by Gasteiger charge is 2.19. The van der Waals surface area contributed by atoms with E-state index in [-0.39, 0.29) is 30.9 Å². The fourth-order valence-electron chi connectivity index (χ4n) is 7.53. The van der Waals surface area contributed by atoms with Crippen molar-refractivity contribution in [1.82, 2.24) is 10.6 Å². The van der Waals surface area contributed by atoms with Gasteiger partial charge < -0.3 is 25.6 Å². The van der Waals surface area contributed by atoms with Crippen molar-refractivity contribution in [3.05, 3.63) is 60.8 Å². The Morgan fingerprint density at radius 3 is 1.42 bits per heavy atom. The van der Waals surface area contributed by atoms with E-state index in [4.69, 9.17) is 14.9 Å². The van der Waals surface area contributed by atoms with E-state index in [9.17, 15) is 19.2 Å². The molecule has 2 unspecified atom stereocenters. The van der Waals surface area contributed by atoms with E-state index in [0.717, 1.165) is 96.3 Å². The highest BCUT2D eigenvalue weighted by molar-refractivity contribution is 5.87. The predicted octanol–water partition coefficient (Wildman–Crippen LogP) is 14.1. The molecule has 2 atom stereocenters. The fourth-order valence-corrected chi connectivity index (χ4v) is 7.53. The summed E-state index contributed by atoms with van der Waals surface area (Å²) < 4.78 is 6.05. The van der Waals surface area contributed by atoms with Crippen molar-refractivity contribution in [3.63, 3.8) is 0 Å². The monoisotopic (exact) mass is 897 g/mol. The van der Waals surface area contributed by atoms with Gasteiger partial charge in [-0.15, -0.1) is 0 Å². The van der Waals surface area contributed by atoms with Gasteiger partial charge in [-0.05, 0) is 96.3 Å². The molecule has 0 aromatic carbocycles. The van der Waals surface area contributed by atoms with Gasteiger partial charge in [0.1, 0.15) is 12.1 Å². The van der Waals surface area contributed by atoms with Crippen LogP contribution in [0.3, 0.4) is 0 Å². The van der Waals surface area contributed by atoms with Crippen LogP contribution < -0.4 is 10.6 Å². The van der Waals surface area contributed by atoms with Crippen LogP contribution in [-0.4, -0.2) is 59.3 Å². The number of hydrogen-bond donors (Lipinski definition) is 4. The third-order valence-electron chi connectivity index (χ3n) is 11.5. The topological polar surface area (TPSA) is 142 Å². The number of carbonyl (C=O) groups excluding carboxylic acids is 3. The summed E-state index contributed by atoms with van der Waals surface area (Å²) >= 11 is 0. The second-order valence-corrected chi connectivity index (χ2v) is 17.6. The molecule has 368 valence electrons. The number of ether oxygens (including phenoxy) is 1. The van der Waals surface area contributed by atoms with E-state index in [0.29, 0.717) is 12.8 Å². The maximum absolute atomic E-state index is 12.9. The van der Waals surface area contributed by atoms with Crippen LogP contribution >= 0.6 is 0 Å². The Labute approximate surface area is 391 Å². The average Bonchev–Trinajstić information content (AvgIpc) is 3.28. The molecule has 4 N–H and O–H groups in total. The molecule has 0 saturated carbocycles. The van der Waals surface area contributed by atoms with Gasteiger partial charge in [0.2, 0.25) is 11.8 Å². The molecular weight excluding hydrogens is 801 g/mol. The van der Waals surface area contributed by atoms with Gasteiger partial charge in [0.25, 0.3) is 0 Å². The number of carboxylic acids is 1. The van der Waals surface area contributed by atoms with Gasteiger partial charge in [-0.3, -0.25) is 14.4 Å². The van der Waals surface area contributed by atoms with E-state index in [1.807, 2.05) is 0 Å². The molecular formula is C55H96N2O7. The van der Waals surface area contributed by atoms with Crippen LogP contribution in [0.25, 0.3) is 0 Å². The largest absolute Gasteiger partial charge is 0.480 e. The van der Waals surface area contributed by atoms with Crippen molar-refractivity contribution >= 4 is 23.8 Å². The number of hydrogen-bond acceptors (Lipinski definition) is 6. The molecule has 64 heavy (non-hydrogen) atoms. The maximum atomic E-state index is 12.9. The summed E-state index contributed by atoms with van der Waals surface area (Å²) in [5.41, 5.74) is 0. The first-order valence-electron chi connectivity index (χ1n) is 26.2. The molecule has 0 aliphatic rings. The number of aliphatic carboxylic acids is 1. The summed E-state index contributed by atoms with van der Waals surface area (Å²) in [4.78, 5) is 47.8. The Morgan fingerprint density at radius 1 is 0.484 bits per heavy atom. The lowest BCUT2D eigenvalue weighted by Gasteiger charge is -2.18. The molecule has 0 fully saturated rings. The summed E-state index contributed by atoms with van der Waals surface area (Å²) in [7, 11) is 0. The second-order valence-electron chi connectivity index (χ2n) is 17.6. The number of amides is 2. The lowest BCUT2D eigenvalue weighted by atomic mass is 10.0. The number of aliphatic hydroxyl groups excluding tert-OH is 1. The van der Waals surface area contributed by atoms with Crippen molar-refractivity contribution in [2.75, 3.05) is 13.2 Å². The van der Waals surface area contributed by atoms with E-state index >= 15 is 0 Å². The molecule has 0 aliphatic carbocycles. The lowest BCUT2D eigenvalue weighted by Crippen LogP contribution is -2.47. The Balaban J connectivity index is 4.27. The van der Waals surface area contributed by atoms with Crippen molar-refractivity contribution < 1.29 is 34.1 Å². The molecule has 0 spiro atoms. The van der Waals surface area contributed by atoms with Crippen molar-refractivity contribution in [3.8, 4) is 0 Å². The molecule has 0 saturated heterocycles. The Kier molecular flexibility index (Phi) is 46.3. The predicted molar refractivity (Wildman–Crippen MR) is 268 cm³/mol. The number of unbranched alkanes of at least 4 members (excludes halogenated alkanes) is 23. The Bertz CT molecular complexity index is 1260. The van der Waals surface area contributed by atoms with Crippen LogP contribution in [-0.2, 0) is 23.9 Å². The maximum Gasteiger partial charge on any atom is 0.328 e. The molecule has 0 bridgehead atoms. The first kappa shape index (κ1) is 60.5. The summed E-state index contributed by atoms with van der Waals surface area (Å²) in [6.07, 6.45) is 61.2. The van der Waals surface area contributed by atoms with Crippen LogP contribution in [0.5, 0.6) is 0 Å². The minimum atomic E-state index is -1.39. The van der Waals surface area contributed by atoms with Gasteiger partial charge in [-0.2, -0.15) is 0 Å². The zero-order chi connectivity index (χ0) is 46.8. The second kappa shape index (κ2) is 49.0. The van der Waals surface area contributed by atoms with Gasteiger partial charge in [-0.1, -0.05) is 190 Å². The quantitative estimate of drug-likeness (QED) is 0.0271. The SMILES string of the molecule is CC/C=C\C/C=C\C/C=C\C/C=C\CCCCCCCCCCCCC(=O)OC(CCC/C=C\CCCCCCCCCC)CCCCCCCC(=O)NCC(=O)NC(CO)C(=O)O. The van der Waals surface area contributed by atoms with Crippen molar-refractivity contribution in [2.24, 2.45) is 0 Å². The molecule has 0 aliphatic heterocycles. The average molecular weight is 897 g/mol. The molecule has 0 aromatic rings. The molecule has 2 amide bonds. The summed E-state index contributed by atoms with van der Waals surface area (Å²) in [6, 6.07) is -1.39. The number of rotatable bonds is 47. The molecule has 9 heteroatoms. The molecule has 0 radical (unpaired) electrons. The van der Waals surface area contributed by atoms with Crippen LogP contribution in [0.15, 0.2) is 60.8 Å². The van der Waals surface area contributed by atoms with Gasteiger partial charge >= 0.3 is 11.9 Å². The number of carboxylic acid groups (broad SMARTS) is 1. The van der Waals surface area contributed by atoms with Crippen molar-refractivity contribution in [1.29, 1.82) is 0 Å². The third-order valence-corrected chi connectivity index (χ3v) is 11.5. The Hall–Kier alpha value is -3.46.